The maximum Gasteiger partial charge on any atom is 0.0269 e. The first kappa shape index (κ1) is 7.56. The maximum absolute atomic E-state index is 3.57. The van der Waals surface area contributed by atoms with Crippen molar-refractivity contribution in [2.45, 2.75) is 26.3 Å². The molecule has 64 valence electrons. The molecule has 2 rings (SSSR count). The van der Waals surface area contributed by atoms with E-state index in [0.29, 0.717) is 11.0 Å². The smallest absolute Gasteiger partial charge is 0.0269 e. The van der Waals surface area contributed by atoms with Crippen molar-refractivity contribution in [2.24, 2.45) is 11.3 Å². The van der Waals surface area contributed by atoms with Gasteiger partial charge in [-0.15, -0.1) is 0 Å². The van der Waals surface area contributed by atoms with Crippen LogP contribution in [-0.2, 0) is 0 Å². The van der Waals surface area contributed by atoms with Crippen LogP contribution in [0.4, 0.5) is 0 Å². The molecule has 0 aromatic rings. The van der Waals surface area contributed by atoms with Gasteiger partial charge in [0.15, 0.2) is 0 Å². The van der Waals surface area contributed by atoms with Crippen molar-refractivity contribution in [2.75, 3.05) is 19.6 Å². The van der Waals surface area contributed by atoms with Crippen LogP contribution in [-0.4, -0.2) is 25.2 Å². The fraction of sp³-hybridized carbons (Fsp3) is 1.00. The summed E-state index contributed by atoms with van der Waals surface area (Å²) in [4.78, 5) is 0. The van der Waals surface area contributed by atoms with Gasteiger partial charge in [0, 0.05) is 30.6 Å². The van der Waals surface area contributed by atoms with Crippen LogP contribution < -0.4 is 10.6 Å². The lowest BCUT2D eigenvalue weighted by atomic mass is 9.56. The fourth-order valence-electron chi connectivity index (χ4n) is 2.35. The molecule has 0 aromatic heterocycles. The minimum atomic E-state index is 0.401. The molecule has 0 saturated carbocycles. The molecule has 2 fully saturated rings. The van der Waals surface area contributed by atoms with Crippen molar-refractivity contribution >= 4 is 0 Å². The second-order valence-corrected chi connectivity index (χ2v) is 4.59. The zero-order valence-electron chi connectivity index (χ0n) is 7.70. The summed E-state index contributed by atoms with van der Waals surface area (Å²) in [7, 11) is 0. The molecule has 0 aromatic carbocycles. The Morgan fingerprint density at radius 1 is 1.18 bits per heavy atom. The summed E-state index contributed by atoms with van der Waals surface area (Å²) in [5.74, 6) is 0.748. The summed E-state index contributed by atoms with van der Waals surface area (Å²) in [5, 5.41) is 6.95. The predicted molar refractivity (Wildman–Crippen MR) is 46.5 cm³/mol. The molecule has 2 saturated heterocycles. The van der Waals surface area contributed by atoms with Gasteiger partial charge in [0.25, 0.3) is 0 Å². The molecule has 0 amide bonds. The van der Waals surface area contributed by atoms with E-state index < -0.39 is 0 Å². The number of hydrogen-bond donors (Lipinski definition) is 2. The summed E-state index contributed by atoms with van der Waals surface area (Å²) >= 11 is 0. The summed E-state index contributed by atoms with van der Waals surface area (Å²) in [6, 6.07) is 0. The van der Waals surface area contributed by atoms with Crippen molar-refractivity contribution in [3.05, 3.63) is 0 Å². The highest BCUT2D eigenvalue weighted by Gasteiger charge is 2.60. The normalized spacial score (nSPS) is 40.4. The van der Waals surface area contributed by atoms with E-state index in [0.717, 1.165) is 5.92 Å². The first-order valence-electron chi connectivity index (χ1n) is 4.56. The Labute approximate surface area is 68.7 Å². The Morgan fingerprint density at radius 2 is 1.82 bits per heavy atom. The van der Waals surface area contributed by atoms with Crippen LogP contribution in [0, 0.1) is 11.3 Å². The molecule has 0 aliphatic carbocycles. The van der Waals surface area contributed by atoms with Gasteiger partial charge >= 0.3 is 0 Å². The molecule has 1 atom stereocenters. The molecule has 2 heterocycles. The topological polar surface area (TPSA) is 24.1 Å². The van der Waals surface area contributed by atoms with Crippen LogP contribution in [0.1, 0.15) is 20.8 Å². The van der Waals surface area contributed by atoms with E-state index in [1.807, 2.05) is 0 Å². The molecule has 1 unspecified atom stereocenters. The lowest BCUT2D eigenvalue weighted by Crippen LogP contribution is -2.83. The molecule has 2 nitrogen and oxygen atoms in total. The third-order valence-electron chi connectivity index (χ3n) is 3.98. The van der Waals surface area contributed by atoms with Crippen molar-refractivity contribution in [3.8, 4) is 0 Å². The Hall–Kier alpha value is -0.0800. The summed E-state index contributed by atoms with van der Waals surface area (Å²) in [6.07, 6.45) is 0. The molecule has 0 radical (unpaired) electrons. The zero-order valence-corrected chi connectivity index (χ0v) is 7.70. The van der Waals surface area contributed by atoms with Gasteiger partial charge in [0.1, 0.15) is 0 Å². The van der Waals surface area contributed by atoms with Crippen molar-refractivity contribution in [1.82, 2.24) is 10.6 Å². The number of hydrogen-bond acceptors (Lipinski definition) is 2. The molecule has 2 aliphatic heterocycles. The predicted octanol–water partition coefficient (Wildman–Crippen LogP) is 0.594. The minimum Gasteiger partial charge on any atom is -0.315 e. The van der Waals surface area contributed by atoms with Crippen LogP contribution in [0.15, 0.2) is 0 Å². The van der Waals surface area contributed by atoms with E-state index in [-0.39, 0.29) is 0 Å². The largest absolute Gasteiger partial charge is 0.315 e. The second-order valence-electron chi connectivity index (χ2n) is 4.59. The van der Waals surface area contributed by atoms with Gasteiger partial charge in [0.2, 0.25) is 0 Å². The molecular weight excluding hydrogens is 136 g/mol. The molecule has 2 N–H and O–H groups in total. The van der Waals surface area contributed by atoms with Gasteiger partial charge in [-0.2, -0.15) is 0 Å². The van der Waals surface area contributed by atoms with Gasteiger partial charge in [-0.1, -0.05) is 13.8 Å². The Balaban J connectivity index is 2.14. The highest BCUT2D eigenvalue weighted by atomic mass is 15.2. The fourth-order valence-corrected chi connectivity index (χ4v) is 2.35. The van der Waals surface area contributed by atoms with Gasteiger partial charge in [-0.05, 0) is 12.8 Å². The van der Waals surface area contributed by atoms with E-state index in [1.54, 1.807) is 0 Å². The Kier molecular flexibility index (Phi) is 1.37. The highest BCUT2D eigenvalue weighted by Crippen LogP contribution is 2.46. The molecule has 1 spiro atoms. The van der Waals surface area contributed by atoms with Gasteiger partial charge in [-0.3, -0.25) is 0 Å². The van der Waals surface area contributed by atoms with E-state index in [2.05, 4.69) is 31.4 Å². The maximum atomic E-state index is 3.57. The van der Waals surface area contributed by atoms with Gasteiger partial charge in [0.05, 0.1) is 0 Å². The SMILES string of the molecule is CC(C)C1(C)NCC12CNC2. The zero-order chi connectivity index (χ0) is 8.11. The van der Waals surface area contributed by atoms with Crippen molar-refractivity contribution in [3.63, 3.8) is 0 Å². The van der Waals surface area contributed by atoms with Crippen LogP contribution >= 0.6 is 0 Å². The van der Waals surface area contributed by atoms with Gasteiger partial charge in [-0.25, -0.2) is 0 Å². The lowest BCUT2D eigenvalue weighted by molar-refractivity contribution is -0.0776. The van der Waals surface area contributed by atoms with E-state index in [9.17, 15) is 0 Å². The molecule has 11 heavy (non-hydrogen) atoms. The first-order valence-corrected chi connectivity index (χ1v) is 4.56. The number of rotatable bonds is 1. The number of nitrogens with one attached hydrogen (secondary N) is 2. The summed E-state index contributed by atoms with van der Waals surface area (Å²) in [5.41, 5.74) is 0.999. The Bertz CT molecular complexity index is 167. The van der Waals surface area contributed by atoms with Crippen LogP contribution in [0.3, 0.4) is 0 Å². The third-order valence-corrected chi connectivity index (χ3v) is 3.98. The monoisotopic (exact) mass is 154 g/mol. The molecular formula is C9H18N2. The molecule has 2 heteroatoms. The minimum absolute atomic E-state index is 0.401. The average Bonchev–Trinajstić information content (AvgIpc) is 1.80. The highest BCUT2D eigenvalue weighted by molar-refractivity contribution is 5.18. The lowest BCUT2D eigenvalue weighted by Gasteiger charge is -2.66. The Morgan fingerprint density at radius 3 is 1.91 bits per heavy atom. The average molecular weight is 154 g/mol. The summed E-state index contributed by atoms with van der Waals surface area (Å²) in [6.45, 7) is 10.6. The van der Waals surface area contributed by atoms with Crippen LogP contribution in [0.25, 0.3) is 0 Å². The second kappa shape index (κ2) is 1.99. The van der Waals surface area contributed by atoms with Crippen LogP contribution in [0.5, 0.6) is 0 Å². The van der Waals surface area contributed by atoms with Crippen LogP contribution in [0.2, 0.25) is 0 Å². The summed E-state index contributed by atoms with van der Waals surface area (Å²) < 4.78 is 0. The quantitative estimate of drug-likeness (QED) is 0.578. The standard InChI is InChI=1S/C9H18N2/c1-7(2)8(3)9(6-11-8)4-10-5-9/h7,10-11H,4-6H2,1-3H3. The van der Waals surface area contributed by atoms with Crippen molar-refractivity contribution in [1.29, 1.82) is 0 Å². The molecule has 2 aliphatic rings. The van der Waals surface area contributed by atoms with Gasteiger partial charge < -0.3 is 10.6 Å². The third kappa shape index (κ3) is 0.695. The van der Waals surface area contributed by atoms with E-state index in [1.165, 1.54) is 19.6 Å². The van der Waals surface area contributed by atoms with E-state index >= 15 is 0 Å². The molecule has 0 bridgehead atoms. The first-order chi connectivity index (χ1) is 5.11. The van der Waals surface area contributed by atoms with E-state index in [4.69, 9.17) is 0 Å². The van der Waals surface area contributed by atoms with Crippen molar-refractivity contribution < 1.29 is 0 Å².